The highest BCUT2D eigenvalue weighted by Crippen LogP contribution is 2.31. The Balaban J connectivity index is 2.06. The lowest BCUT2D eigenvalue weighted by Crippen LogP contribution is -2.18. The van der Waals surface area contributed by atoms with Crippen LogP contribution in [0.2, 0.25) is 0 Å². The summed E-state index contributed by atoms with van der Waals surface area (Å²) >= 11 is 1.65. The van der Waals surface area contributed by atoms with Gasteiger partial charge in [0.15, 0.2) is 0 Å². The van der Waals surface area contributed by atoms with Gasteiger partial charge < -0.3 is 5.11 Å². The number of aromatic nitrogens is 1. The van der Waals surface area contributed by atoms with Crippen molar-refractivity contribution >= 4 is 29.5 Å². The van der Waals surface area contributed by atoms with E-state index in [1.165, 1.54) is 6.42 Å². The summed E-state index contributed by atoms with van der Waals surface area (Å²) < 4.78 is 0. The van der Waals surface area contributed by atoms with Crippen LogP contribution in [-0.4, -0.2) is 16.1 Å². The molecule has 0 radical (unpaired) electrons. The fourth-order valence-corrected chi connectivity index (χ4v) is 3.26. The molecular weight excluding hydrogens is 318 g/mol. The Bertz CT molecular complexity index is 711. The van der Waals surface area contributed by atoms with E-state index in [2.05, 4.69) is 33.1 Å². The summed E-state index contributed by atoms with van der Waals surface area (Å²) in [4.78, 5) is 15.6. The van der Waals surface area contributed by atoms with Crippen LogP contribution in [-0.2, 0) is 5.41 Å². The lowest BCUT2D eigenvalue weighted by atomic mass is 9.83. The van der Waals surface area contributed by atoms with E-state index in [0.29, 0.717) is 11.5 Å². The van der Waals surface area contributed by atoms with E-state index in [0.717, 1.165) is 22.7 Å². The normalized spacial score (nSPS) is 12.2. The molecule has 24 heavy (non-hydrogen) atoms. The summed E-state index contributed by atoms with van der Waals surface area (Å²) in [7, 11) is 0. The fraction of sp³-hybridized carbons (Fsp3) is 0.400. The number of rotatable bonds is 7. The second kappa shape index (κ2) is 7.75. The van der Waals surface area contributed by atoms with Crippen molar-refractivity contribution in [2.45, 2.75) is 46.0 Å². The average Bonchev–Trinajstić information content (AvgIpc) is 3.01. The maximum atomic E-state index is 10.9. The number of benzene rings is 1. The van der Waals surface area contributed by atoms with Crippen molar-refractivity contribution in [3.8, 4) is 0 Å². The minimum Gasteiger partial charge on any atom is -0.478 e. The van der Waals surface area contributed by atoms with Crippen LogP contribution in [0.25, 0.3) is 12.2 Å². The Morgan fingerprint density at radius 1 is 1.25 bits per heavy atom. The highest BCUT2D eigenvalue weighted by Gasteiger charge is 2.23. The van der Waals surface area contributed by atoms with E-state index < -0.39 is 5.97 Å². The molecule has 0 fully saturated rings. The van der Waals surface area contributed by atoms with Crippen LogP contribution in [0.1, 0.15) is 67.2 Å². The van der Waals surface area contributed by atoms with Crippen LogP contribution < -0.4 is 0 Å². The molecule has 4 heteroatoms. The van der Waals surface area contributed by atoms with Crippen LogP contribution in [0.3, 0.4) is 0 Å². The highest BCUT2D eigenvalue weighted by molar-refractivity contribution is 7.10. The third-order valence-electron chi connectivity index (χ3n) is 4.14. The summed E-state index contributed by atoms with van der Waals surface area (Å²) in [6.45, 7) is 9.01. The quantitative estimate of drug-likeness (QED) is 0.699. The van der Waals surface area contributed by atoms with Gasteiger partial charge in [-0.15, -0.1) is 11.3 Å². The molecule has 1 aromatic carbocycles. The van der Waals surface area contributed by atoms with Crippen molar-refractivity contribution in [3.63, 3.8) is 0 Å². The zero-order chi connectivity index (χ0) is 17.7. The molecule has 1 aromatic heterocycles. The van der Waals surface area contributed by atoms with E-state index in [-0.39, 0.29) is 5.41 Å². The summed E-state index contributed by atoms with van der Waals surface area (Å²) in [5.41, 5.74) is 2.51. The minimum absolute atomic E-state index is 0.0932. The molecule has 0 aliphatic heterocycles. The number of carboxylic acid groups (broad SMARTS) is 1. The largest absolute Gasteiger partial charge is 0.478 e. The first-order chi connectivity index (χ1) is 11.3. The summed E-state index contributed by atoms with van der Waals surface area (Å²) in [6, 6.07) is 6.84. The van der Waals surface area contributed by atoms with E-state index in [9.17, 15) is 4.79 Å². The van der Waals surface area contributed by atoms with Crippen LogP contribution in [0.4, 0.5) is 0 Å². The number of hydrogen-bond acceptors (Lipinski definition) is 3. The molecule has 0 spiro atoms. The Labute approximate surface area is 148 Å². The minimum atomic E-state index is -0.904. The van der Waals surface area contributed by atoms with Gasteiger partial charge >= 0.3 is 5.97 Å². The monoisotopic (exact) mass is 343 g/mol. The maximum absolute atomic E-state index is 10.9. The van der Waals surface area contributed by atoms with Gasteiger partial charge in [-0.05, 0) is 36.1 Å². The summed E-state index contributed by atoms with van der Waals surface area (Å²) in [6.07, 6.45) is 6.29. The van der Waals surface area contributed by atoms with Gasteiger partial charge in [0.25, 0.3) is 0 Å². The molecule has 1 heterocycles. The van der Waals surface area contributed by atoms with Crippen molar-refractivity contribution < 1.29 is 9.90 Å². The first kappa shape index (κ1) is 18.4. The van der Waals surface area contributed by atoms with Gasteiger partial charge in [0.1, 0.15) is 5.01 Å². The predicted molar refractivity (Wildman–Crippen MR) is 102 cm³/mol. The van der Waals surface area contributed by atoms with E-state index in [1.54, 1.807) is 35.6 Å². The Kier molecular flexibility index (Phi) is 5.94. The van der Waals surface area contributed by atoms with Crippen LogP contribution in [0, 0.1) is 5.92 Å². The van der Waals surface area contributed by atoms with Gasteiger partial charge in [0, 0.05) is 10.8 Å². The number of carboxylic acids is 1. The zero-order valence-corrected chi connectivity index (χ0v) is 15.6. The van der Waals surface area contributed by atoms with Crippen molar-refractivity contribution in [3.05, 3.63) is 51.5 Å². The maximum Gasteiger partial charge on any atom is 0.335 e. The molecule has 2 rings (SSSR count). The highest BCUT2D eigenvalue weighted by atomic mass is 32.1. The lowest BCUT2D eigenvalue weighted by molar-refractivity contribution is 0.0697. The number of thiazole rings is 1. The van der Waals surface area contributed by atoms with Gasteiger partial charge in [0.05, 0.1) is 11.3 Å². The zero-order valence-electron chi connectivity index (χ0n) is 14.7. The first-order valence-corrected chi connectivity index (χ1v) is 9.13. The summed E-state index contributed by atoms with van der Waals surface area (Å²) in [5, 5.41) is 12.0. The summed E-state index contributed by atoms with van der Waals surface area (Å²) in [5.74, 6) is -0.199. The molecule has 0 saturated carbocycles. The average molecular weight is 343 g/mol. The second-order valence-corrected chi connectivity index (χ2v) is 8.04. The predicted octanol–water partition coefficient (Wildman–Crippen LogP) is 5.73. The van der Waals surface area contributed by atoms with E-state index in [1.807, 2.05) is 12.2 Å². The number of aromatic carboxylic acids is 1. The molecule has 0 aliphatic carbocycles. The number of carbonyl (C=O) groups is 1. The number of nitrogens with zero attached hydrogens (tertiary/aromatic N) is 1. The van der Waals surface area contributed by atoms with Crippen LogP contribution in [0.5, 0.6) is 0 Å². The molecule has 0 bridgehead atoms. The smallest absolute Gasteiger partial charge is 0.335 e. The van der Waals surface area contributed by atoms with Gasteiger partial charge in [-0.2, -0.15) is 0 Å². The first-order valence-electron chi connectivity index (χ1n) is 8.25. The van der Waals surface area contributed by atoms with Crippen LogP contribution in [0.15, 0.2) is 29.6 Å². The molecule has 128 valence electrons. The fourth-order valence-electron chi connectivity index (χ4n) is 2.36. The van der Waals surface area contributed by atoms with Gasteiger partial charge in [0.2, 0.25) is 0 Å². The van der Waals surface area contributed by atoms with Gasteiger partial charge in [-0.25, -0.2) is 9.78 Å². The molecular formula is C20H25NO2S. The molecule has 0 aliphatic rings. The SMILES string of the molecule is CC(C)CCC(C)(C)c1csc(C=Cc2ccc(C(=O)O)cc2)n1. The third kappa shape index (κ3) is 5.03. The van der Waals surface area contributed by atoms with Crippen molar-refractivity contribution in [2.75, 3.05) is 0 Å². The third-order valence-corrected chi connectivity index (χ3v) is 4.95. The molecule has 3 nitrogen and oxygen atoms in total. The van der Waals surface area contributed by atoms with Crippen molar-refractivity contribution in [1.82, 2.24) is 4.98 Å². The molecule has 2 aromatic rings. The lowest BCUT2D eigenvalue weighted by Gasteiger charge is -2.23. The Morgan fingerprint density at radius 2 is 1.92 bits per heavy atom. The topological polar surface area (TPSA) is 50.2 Å². The molecule has 0 saturated heterocycles. The van der Waals surface area contributed by atoms with Crippen molar-refractivity contribution in [2.24, 2.45) is 5.92 Å². The molecule has 0 unspecified atom stereocenters. The van der Waals surface area contributed by atoms with E-state index >= 15 is 0 Å². The molecule has 0 atom stereocenters. The van der Waals surface area contributed by atoms with Gasteiger partial charge in [-0.3, -0.25) is 0 Å². The van der Waals surface area contributed by atoms with Crippen LogP contribution >= 0.6 is 11.3 Å². The van der Waals surface area contributed by atoms with Crippen molar-refractivity contribution in [1.29, 1.82) is 0 Å². The molecule has 1 N–H and O–H groups in total. The Hall–Kier alpha value is -1.94. The Morgan fingerprint density at radius 3 is 2.50 bits per heavy atom. The second-order valence-electron chi connectivity index (χ2n) is 7.15. The van der Waals surface area contributed by atoms with Gasteiger partial charge in [-0.1, -0.05) is 52.3 Å². The van der Waals surface area contributed by atoms with E-state index in [4.69, 9.17) is 10.1 Å². The molecule has 0 amide bonds. The number of hydrogen-bond donors (Lipinski definition) is 1. The standard InChI is InChI=1S/C20H25NO2S/c1-14(2)11-12-20(3,4)17-13-24-18(21-17)10-7-15-5-8-16(9-6-15)19(22)23/h5-10,13-14H,11-12H2,1-4H3,(H,22,23).